The Morgan fingerprint density at radius 1 is 1.47 bits per heavy atom. The van der Waals surface area contributed by atoms with E-state index in [0.29, 0.717) is 18.5 Å². The second-order valence-electron chi connectivity index (χ2n) is 5.59. The molecule has 0 radical (unpaired) electrons. The van der Waals surface area contributed by atoms with Crippen molar-refractivity contribution in [1.29, 1.82) is 0 Å². The average Bonchev–Trinajstić information content (AvgIpc) is 2.38. The fourth-order valence-electron chi connectivity index (χ4n) is 2.55. The van der Waals surface area contributed by atoms with Crippen LogP contribution in [0.4, 0.5) is 5.82 Å². The van der Waals surface area contributed by atoms with Gasteiger partial charge in [-0.15, -0.1) is 0 Å². The minimum absolute atomic E-state index is 0.108. The predicted molar refractivity (Wildman–Crippen MR) is 76.4 cm³/mol. The van der Waals surface area contributed by atoms with Crippen molar-refractivity contribution in [1.82, 2.24) is 9.97 Å². The molecular formula is C14H24N4O. The summed E-state index contributed by atoms with van der Waals surface area (Å²) < 4.78 is 5.60. The normalized spacial score (nSPS) is 23.7. The first-order chi connectivity index (χ1) is 9.10. The Balaban J connectivity index is 2.15. The van der Waals surface area contributed by atoms with Gasteiger partial charge in [-0.25, -0.2) is 0 Å². The number of anilines is 1. The zero-order chi connectivity index (χ0) is 13.8. The lowest BCUT2D eigenvalue weighted by molar-refractivity contribution is 0.231. The van der Waals surface area contributed by atoms with Gasteiger partial charge in [-0.3, -0.25) is 4.98 Å². The lowest BCUT2D eigenvalue weighted by atomic mass is 9.92. The van der Waals surface area contributed by atoms with E-state index in [2.05, 4.69) is 21.8 Å². The third-order valence-corrected chi connectivity index (χ3v) is 3.50. The number of hydrogen-bond donors (Lipinski definition) is 1. The molecule has 5 heteroatoms. The van der Waals surface area contributed by atoms with Crippen molar-refractivity contribution in [3.8, 4) is 5.88 Å². The summed E-state index contributed by atoms with van der Waals surface area (Å²) in [5.74, 6) is 2.19. The van der Waals surface area contributed by atoms with E-state index in [0.717, 1.165) is 24.7 Å². The molecule has 0 bridgehead atoms. The van der Waals surface area contributed by atoms with Crippen molar-refractivity contribution < 1.29 is 4.74 Å². The molecule has 2 N–H and O–H groups in total. The SMILES string of the molecule is CC1CCN(c2cncc(OC(C)C)n2)C(CN)C1. The minimum Gasteiger partial charge on any atom is -0.474 e. The van der Waals surface area contributed by atoms with Crippen molar-refractivity contribution in [3.05, 3.63) is 12.4 Å². The van der Waals surface area contributed by atoms with Crippen LogP contribution in [0.15, 0.2) is 12.4 Å². The summed E-state index contributed by atoms with van der Waals surface area (Å²) >= 11 is 0. The van der Waals surface area contributed by atoms with Gasteiger partial charge in [0.2, 0.25) is 5.88 Å². The Bertz CT molecular complexity index is 410. The van der Waals surface area contributed by atoms with Crippen LogP contribution in [-0.4, -0.2) is 35.2 Å². The summed E-state index contributed by atoms with van der Waals surface area (Å²) in [7, 11) is 0. The first kappa shape index (κ1) is 14.1. The number of piperidine rings is 1. The maximum Gasteiger partial charge on any atom is 0.234 e. The molecule has 0 saturated carbocycles. The van der Waals surface area contributed by atoms with Crippen LogP contribution < -0.4 is 15.4 Å². The molecule has 0 spiro atoms. The van der Waals surface area contributed by atoms with E-state index < -0.39 is 0 Å². The molecule has 1 aromatic heterocycles. The molecule has 1 aliphatic heterocycles. The molecule has 1 fully saturated rings. The van der Waals surface area contributed by atoms with Crippen molar-refractivity contribution in [2.75, 3.05) is 18.0 Å². The topological polar surface area (TPSA) is 64.3 Å². The number of rotatable bonds is 4. The summed E-state index contributed by atoms with van der Waals surface area (Å²) in [6, 6.07) is 0.354. The summed E-state index contributed by atoms with van der Waals surface area (Å²) in [4.78, 5) is 11.0. The number of ether oxygens (including phenoxy) is 1. The van der Waals surface area contributed by atoms with Gasteiger partial charge in [-0.1, -0.05) is 6.92 Å². The van der Waals surface area contributed by atoms with Gasteiger partial charge in [0.25, 0.3) is 0 Å². The molecule has 1 aromatic rings. The van der Waals surface area contributed by atoms with Gasteiger partial charge in [0.1, 0.15) is 0 Å². The van der Waals surface area contributed by atoms with Crippen molar-refractivity contribution >= 4 is 5.82 Å². The minimum atomic E-state index is 0.108. The molecule has 2 atom stereocenters. The van der Waals surface area contributed by atoms with Gasteiger partial charge in [0.05, 0.1) is 18.5 Å². The molecule has 0 aromatic carbocycles. The number of nitrogens with two attached hydrogens (primary N) is 1. The highest BCUT2D eigenvalue weighted by Crippen LogP contribution is 2.26. The van der Waals surface area contributed by atoms with Crippen LogP contribution in [0.5, 0.6) is 5.88 Å². The molecule has 0 aliphatic carbocycles. The van der Waals surface area contributed by atoms with Crippen LogP contribution in [0.1, 0.15) is 33.6 Å². The molecule has 5 nitrogen and oxygen atoms in total. The van der Waals surface area contributed by atoms with Gasteiger partial charge < -0.3 is 15.4 Å². The highest BCUT2D eigenvalue weighted by Gasteiger charge is 2.26. The van der Waals surface area contributed by atoms with Gasteiger partial charge in [0, 0.05) is 19.1 Å². The van der Waals surface area contributed by atoms with Crippen LogP contribution >= 0.6 is 0 Å². The van der Waals surface area contributed by atoms with Gasteiger partial charge in [-0.2, -0.15) is 4.98 Å². The molecule has 1 saturated heterocycles. The molecule has 1 aliphatic rings. The predicted octanol–water partition coefficient (Wildman–Crippen LogP) is 1.83. The zero-order valence-corrected chi connectivity index (χ0v) is 12.0. The van der Waals surface area contributed by atoms with E-state index >= 15 is 0 Å². The Morgan fingerprint density at radius 3 is 2.95 bits per heavy atom. The first-order valence-corrected chi connectivity index (χ1v) is 7.05. The number of nitrogens with zero attached hydrogens (tertiary/aromatic N) is 3. The second kappa shape index (κ2) is 6.19. The number of hydrogen-bond acceptors (Lipinski definition) is 5. The fraction of sp³-hybridized carbons (Fsp3) is 0.714. The van der Waals surface area contributed by atoms with Crippen molar-refractivity contribution in [3.63, 3.8) is 0 Å². The summed E-state index contributed by atoms with van der Waals surface area (Å²) in [5, 5.41) is 0. The molecule has 2 unspecified atom stereocenters. The first-order valence-electron chi connectivity index (χ1n) is 7.05. The molecule has 106 valence electrons. The second-order valence-corrected chi connectivity index (χ2v) is 5.59. The van der Waals surface area contributed by atoms with Crippen LogP contribution in [0, 0.1) is 5.92 Å². The Labute approximate surface area is 115 Å². The lowest BCUT2D eigenvalue weighted by Gasteiger charge is -2.38. The van der Waals surface area contributed by atoms with E-state index in [9.17, 15) is 0 Å². The Morgan fingerprint density at radius 2 is 2.26 bits per heavy atom. The third kappa shape index (κ3) is 3.56. The highest BCUT2D eigenvalue weighted by atomic mass is 16.5. The molecular weight excluding hydrogens is 240 g/mol. The maximum atomic E-state index is 5.89. The molecule has 2 heterocycles. The fourth-order valence-corrected chi connectivity index (χ4v) is 2.55. The van der Waals surface area contributed by atoms with E-state index in [1.54, 1.807) is 12.4 Å². The number of aromatic nitrogens is 2. The quantitative estimate of drug-likeness (QED) is 0.898. The largest absolute Gasteiger partial charge is 0.474 e. The van der Waals surface area contributed by atoms with Crippen LogP contribution in [0.3, 0.4) is 0 Å². The van der Waals surface area contributed by atoms with Gasteiger partial charge >= 0.3 is 0 Å². The van der Waals surface area contributed by atoms with E-state index in [-0.39, 0.29) is 6.10 Å². The third-order valence-electron chi connectivity index (χ3n) is 3.50. The standard InChI is InChI=1S/C14H24N4O/c1-10(2)19-14-9-16-8-13(17-14)18-5-4-11(3)6-12(18)7-15/h8-12H,4-7,15H2,1-3H3. The smallest absolute Gasteiger partial charge is 0.234 e. The summed E-state index contributed by atoms with van der Waals surface area (Å²) in [5.41, 5.74) is 5.89. The molecule has 19 heavy (non-hydrogen) atoms. The highest BCUT2D eigenvalue weighted by molar-refractivity contribution is 5.40. The molecule has 2 rings (SSSR count). The van der Waals surface area contributed by atoms with E-state index in [1.807, 2.05) is 13.8 Å². The summed E-state index contributed by atoms with van der Waals surface area (Å²) in [6.07, 6.45) is 5.86. The Kier molecular flexibility index (Phi) is 4.58. The Hall–Kier alpha value is -1.36. The monoisotopic (exact) mass is 264 g/mol. The van der Waals surface area contributed by atoms with Crippen LogP contribution in [0.25, 0.3) is 0 Å². The van der Waals surface area contributed by atoms with Gasteiger partial charge in [0.15, 0.2) is 5.82 Å². The van der Waals surface area contributed by atoms with E-state index in [1.165, 1.54) is 6.42 Å². The van der Waals surface area contributed by atoms with E-state index in [4.69, 9.17) is 10.5 Å². The van der Waals surface area contributed by atoms with Crippen molar-refractivity contribution in [2.45, 2.75) is 45.8 Å². The average molecular weight is 264 g/mol. The summed E-state index contributed by atoms with van der Waals surface area (Å²) in [6.45, 7) is 7.90. The van der Waals surface area contributed by atoms with Gasteiger partial charge in [-0.05, 0) is 32.6 Å². The molecule has 0 amide bonds. The van der Waals surface area contributed by atoms with Crippen LogP contribution in [-0.2, 0) is 0 Å². The van der Waals surface area contributed by atoms with Crippen LogP contribution in [0.2, 0.25) is 0 Å². The van der Waals surface area contributed by atoms with Crippen molar-refractivity contribution in [2.24, 2.45) is 11.7 Å². The zero-order valence-electron chi connectivity index (χ0n) is 12.0. The maximum absolute atomic E-state index is 5.89. The lowest BCUT2D eigenvalue weighted by Crippen LogP contribution is -2.46.